The maximum atomic E-state index is 5.55. The molecule has 0 aliphatic rings. The van der Waals surface area contributed by atoms with E-state index in [1.165, 1.54) is 16.7 Å². The molecule has 2 aromatic rings. The Balaban J connectivity index is 2.03. The molecule has 1 atom stereocenters. The Labute approximate surface area is 133 Å². The van der Waals surface area contributed by atoms with Crippen LogP contribution in [0.1, 0.15) is 29.7 Å². The molecule has 0 aromatic heterocycles. The quantitative estimate of drug-likeness (QED) is 0.845. The summed E-state index contributed by atoms with van der Waals surface area (Å²) in [5, 5.41) is 3.56. The maximum Gasteiger partial charge on any atom is 0.123 e. The predicted octanol–water partition coefficient (Wildman–Crippen LogP) is 3.61. The Morgan fingerprint density at radius 2 is 1.82 bits per heavy atom. The summed E-state index contributed by atoms with van der Waals surface area (Å²) in [4.78, 5) is 2.16. The number of nitrogens with zero attached hydrogens (tertiary/aromatic N) is 1. The van der Waals surface area contributed by atoms with Gasteiger partial charge < -0.3 is 15.0 Å². The lowest BCUT2D eigenvalue weighted by molar-refractivity contribution is 0.392. The minimum absolute atomic E-state index is 0.312. The molecule has 3 nitrogen and oxygen atoms in total. The highest BCUT2D eigenvalue weighted by molar-refractivity contribution is 5.37. The summed E-state index contributed by atoms with van der Waals surface area (Å²) in [6.07, 6.45) is 0. The van der Waals surface area contributed by atoms with Gasteiger partial charge in [0, 0.05) is 24.7 Å². The molecule has 0 radical (unpaired) electrons. The fourth-order valence-corrected chi connectivity index (χ4v) is 2.52. The Bertz CT molecular complexity index is 581. The van der Waals surface area contributed by atoms with E-state index in [-0.39, 0.29) is 0 Å². The van der Waals surface area contributed by atoms with E-state index in [0.29, 0.717) is 6.04 Å². The van der Waals surface area contributed by atoms with Crippen LogP contribution in [-0.4, -0.2) is 26.1 Å². The second-order valence-corrected chi connectivity index (χ2v) is 5.90. The average molecular weight is 298 g/mol. The first kappa shape index (κ1) is 16.5. The lowest BCUT2D eigenvalue weighted by Crippen LogP contribution is -2.18. The molecule has 2 aromatic carbocycles. The Kier molecular flexibility index (Phi) is 5.99. The molecule has 1 unspecified atom stereocenters. The second kappa shape index (κ2) is 7.97. The normalized spacial score (nSPS) is 12.4. The zero-order valence-electron chi connectivity index (χ0n) is 14.0. The third kappa shape index (κ3) is 4.58. The molecule has 0 aliphatic carbocycles. The number of benzene rings is 2. The molecule has 2 rings (SSSR count). The number of nitrogens with one attached hydrogen (secondary N) is 1. The molecule has 1 N–H and O–H groups in total. The smallest absolute Gasteiger partial charge is 0.123 e. The zero-order valence-corrected chi connectivity index (χ0v) is 14.0. The molecule has 0 aliphatic heterocycles. The van der Waals surface area contributed by atoms with E-state index in [1.54, 1.807) is 7.11 Å². The highest BCUT2D eigenvalue weighted by Crippen LogP contribution is 2.22. The van der Waals surface area contributed by atoms with E-state index in [9.17, 15) is 0 Å². The van der Waals surface area contributed by atoms with Gasteiger partial charge in [0.1, 0.15) is 5.75 Å². The van der Waals surface area contributed by atoms with Gasteiger partial charge in [0.15, 0.2) is 0 Å². The summed E-state index contributed by atoms with van der Waals surface area (Å²) in [5.41, 5.74) is 3.75. The summed E-state index contributed by atoms with van der Waals surface area (Å²) in [6, 6.07) is 17.3. The van der Waals surface area contributed by atoms with Crippen LogP contribution >= 0.6 is 0 Å². The van der Waals surface area contributed by atoms with Gasteiger partial charge in [0.05, 0.1) is 7.11 Å². The standard InChI is InChI=1S/C19H26N2O/c1-15(17-8-6-5-7-9-17)20-13-18-11-10-16(14-21(2)3)12-19(18)22-4/h5-12,15,20H,13-14H2,1-4H3. The number of hydrogen-bond acceptors (Lipinski definition) is 3. The van der Waals surface area contributed by atoms with E-state index in [1.807, 2.05) is 6.07 Å². The Morgan fingerprint density at radius 3 is 2.45 bits per heavy atom. The first-order valence-corrected chi connectivity index (χ1v) is 7.69. The molecule has 118 valence electrons. The van der Waals surface area contributed by atoms with Gasteiger partial charge in [-0.1, -0.05) is 42.5 Å². The summed E-state index contributed by atoms with van der Waals surface area (Å²) in [6.45, 7) is 3.90. The van der Waals surface area contributed by atoms with Gasteiger partial charge in [-0.25, -0.2) is 0 Å². The van der Waals surface area contributed by atoms with Crippen molar-refractivity contribution in [2.24, 2.45) is 0 Å². The molecule has 0 amide bonds. The molecular formula is C19H26N2O. The molecular weight excluding hydrogens is 272 g/mol. The summed E-state index contributed by atoms with van der Waals surface area (Å²) in [7, 11) is 5.88. The maximum absolute atomic E-state index is 5.55. The van der Waals surface area contributed by atoms with Crippen LogP contribution in [0.4, 0.5) is 0 Å². The fraction of sp³-hybridized carbons (Fsp3) is 0.368. The van der Waals surface area contributed by atoms with Gasteiger partial charge in [0.25, 0.3) is 0 Å². The zero-order chi connectivity index (χ0) is 15.9. The molecule has 0 saturated heterocycles. The van der Waals surface area contributed by atoms with Crippen molar-refractivity contribution in [3.63, 3.8) is 0 Å². The molecule has 0 heterocycles. The van der Waals surface area contributed by atoms with Crippen LogP contribution in [0.3, 0.4) is 0 Å². The van der Waals surface area contributed by atoms with Crippen LogP contribution in [0.15, 0.2) is 48.5 Å². The van der Waals surface area contributed by atoms with Crippen LogP contribution in [0.2, 0.25) is 0 Å². The lowest BCUT2D eigenvalue weighted by atomic mass is 10.1. The van der Waals surface area contributed by atoms with Crippen molar-refractivity contribution in [2.75, 3.05) is 21.2 Å². The van der Waals surface area contributed by atoms with Crippen LogP contribution < -0.4 is 10.1 Å². The minimum atomic E-state index is 0.312. The third-order valence-corrected chi connectivity index (χ3v) is 3.75. The molecule has 0 bridgehead atoms. The van der Waals surface area contributed by atoms with Gasteiger partial charge in [-0.3, -0.25) is 0 Å². The Morgan fingerprint density at radius 1 is 1.09 bits per heavy atom. The van der Waals surface area contributed by atoms with Crippen molar-refractivity contribution in [2.45, 2.75) is 26.1 Å². The first-order valence-electron chi connectivity index (χ1n) is 7.69. The molecule has 0 fully saturated rings. The van der Waals surface area contributed by atoms with Crippen molar-refractivity contribution in [1.29, 1.82) is 0 Å². The van der Waals surface area contributed by atoms with Gasteiger partial charge >= 0.3 is 0 Å². The second-order valence-electron chi connectivity index (χ2n) is 5.90. The minimum Gasteiger partial charge on any atom is -0.496 e. The fourth-order valence-electron chi connectivity index (χ4n) is 2.52. The third-order valence-electron chi connectivity index (χ3n) is 3.75. The van der Waals surface area contributed by atoms with Gasteiger partial charge in [-0.15, -0.1) is 0 Å². The number of hydrogen-bond donors (Lipinski definition) is 1. The summed E-state index contributed by atoms with van der Waals surface area (Å²) >= 11 is 0. The molecule has 22 heavy (non-hydrogen) atoms. The highest BCUT2D eigenvalue weighted by Gasteiger charge is 2.08. The molecule has 3 heteroatoms. The summed E-state index contributed by atoms with van der Waals surface area (Å²) in [5.74, 6) is 0.951. The number of methoxy groups -OCH3 is 1. The van der Waals surface area contributed by atoms with Crippen LogP contribution in [0.5, 0.6) is 5.75 Å². The lowest BCUT2D eigenvalue weighted by Gasteiger charge is -2.17. The topological polar surface area (TPSA) is 24.5 Å². The highest BCUT2D eigenvalue weighted by atomic mass is 16.5. The van der Waals surface area contributed by atoms with Crippen LogP contribution in [-0.2, 0) is 13.1 Å². The van der Waals surface area contributed by atoms with Gasteiger partial charge in [0.2, 0.25) is 0 Å². The van der Waals surface area contributed by atoms with E-state index in [2.05, 4.69) is 73.7 Å². The van der Waals surface area contributed by atoms with E-state index < -0.39 is 0 Å². The van der Waals surface area contributed by atoms with Crippen molar-refractivity contribution in [3.05, 3.63) is 65.2 Å². The van der Waals surface area contributed by atoms with E-state index >= 15 is 0 Å². The predicted molar refractivity (Wildman–Crippen MR) is 92.1 cm³/mol. The largest absolute Gasteiger partial charge is 0.496 e. The molecule has 0 spiro atoms. The number of ether oxygens (including phenoxy) is 1. The van der Waals surface area contributed by atoms with E-state index in [4.69, 9.17) is 4.74 Å². The Hall–Kier alpha value is -1.84. The van der Waals surface area contributed by atoms with Crippen molar-refractivity contribution in [3.8, 4) is 5.75 Å². The van der Waals surface area contributed by atoms with Crippen LogP contribution in [0.25, 0.3) is 0 Å². The van der Waals surface area contributed by atoms with Crippen molar-refractivity contribution in [1.82, 2.24) is 10.2 Å². The van der Waals surface area contributed by atoms with Crippen molar-refractivity contribution < 1.29 is 4.74 Å². The summed E-state index contributed by atoms with van der Waals surface area (Å²) < 4.78 is 5.55. The van der Waals surface area contributed by atoms with Gasteiger partial charge in [-0.05, 0) is 38.2 Å². The first-order chi connectivity index (χ1) is 10.6. The van der Waals surface area contributed by atoms with Crippen LogP contribution in [0, 0.1) is 0 Å². The monoisotopic (exact) mass is 298 g/mol. The average Bonchev–Trinajstić information content (AvgIpc) is 2.53. The van der Waals surface area contributed by atoms with Gasteiger partial charge in [-0.2, -0.15) is 0 Å². The number of rotatable bonds is 7. The SMILES string of the molecule is COc1cc(CN(C)C)ccc1CNC(C)c1ccccc1. The van der Waals surface area contributed by atoms with E-state index in [0.717, 1.165) is 18.8 Å². The molecule has 0 saturated carbocycles. The van der Waals surface area contributed by atoms with Crippen molar-refractivity contribution >= 4 is 0 Å².